The first-order valence-electron chi connectivity index (χ1n) is 13.9. The predicted octanol–water partition coefficient (Wildman–Crippen LogP) is 5.86. The highest BCUT2D eigenvalue weighted by atomic mass is 32.2. The molecule has 4 heterocycles. The average molecular weight is 594 g/mol. The van der Waals surface area contributed by atoms with Crippen LogP contribution in [-0.4, -0.2) is 73.2 Å². The molecule has 0 saturated carbocycles. The molecular formula is C32H31N7OS2. The molecule has 1 saturated heterocycles. The van der Waals surface area contributed by atoms with E-state index in [1.807, 2.05) is 40.6 Å². The summed E-state index contributed by atoms with van der Waals surface area (Å²) in [6, 6.07) is 22.5. The smallest absolute Gasteiger partial charge is 0.273 e. The Labute approximate surface area is 253 Å². The van der Waals surface area contributed by atoms with Gasteiger partial charge in [0.25, 0.3) is 5.91 Å². The minimum atomic E-state index is 0.00442. The van der Waals surface area contributed by atoms with Gasteiger partial charge in [-0.3, -0.25) is 19.2 Å². The predicted molar refractivity (Wildman–Crippen MR) is 169 cm³/mol. The van der Waals surface area contributed by atoms with Crippen molar-refractivity contribution in [2.24, 2.45) is 0 Å². The van der Waals surface area contributed by atoms with E-state index in [0.717, 1.165) is 46.9 Å². The Balaban J connectivity index is 1.07. The van der Waals surface area contributed by atoms with Gasteiger partial charge >= 0.3 is 0 Å². The van der Waals surface area contributed by atoms with Crippen molar-refractivity contribution in [1.29, 1.82) is 0 Å². The van der Waals surface area contributed by atoms with Gasteiger partial charge in [0.1, 0.15) is 10.7 Å². The second-order valence-electron chi connectivity index (χ2n) is 10.0. The Hall–Kier alpha value is -4.12. The summed E-state index contributed by atoms with van der Waals surface area (Å²) in [5, 5.41) is 12.6. The van der Waals surface area contributed by atoms with E-state index in [-0.39, 0.29) is 5.91 Å². The molecular weight excluding hydrogens is 563 g/mol. The van der Waals surface area contributed by atoms with E-state index in [0.29, 0.717) is 24.5 Å². The van der Waals surface area contributed by atoms with Crippen LogP contribution in [0.5, 0.6) is 0 Å². The number of carbonyl (C=O) groups is 1. The van der Waals surface area contributed by atoms with Gasteiger partial charge in [0.05, 0.1) is 5.75 Å². The number of thiazole rings is 1. The van der Waals surface area contributed by atoms with E-state index >= 15 is 0 Å². The molecule has 6 rings (SSSR count). The zero-order valence-electron chi connectivity index (χ0n) is 23.3. The van der Waals surface area contributed by atoms with E-state index in [4.69, 9.17) is 4.98 Å². The number of piperazine rings is 1. The monoisotopic (exact) mass is 593 g/mol. The van der Waals surface area contributed by atoms with Crippen molar-refractivity contribution in [3.8, 4) is 17.1 Å². The summed E-state index contributed by atoms with van der Waals surface area (Å²) in [7, 11) is 0. The second-order valence-corrected chi connectivity index (χ2v) is 11.9. The highest BCUT2D eigenvalue weighted by molar-refractivity contribution is 7.98. The topological polar surface area (TPSA) is 80.0 Å². The molecule has 8 nitrogen and oxygen atoms in total. The zero-order valence-corrected chi connectivity index (χ0v) is 25.0. The maximum absolute atomic E-state index is 13.2. The van der Waals surface area contributed by atoms with Gasteiger partial charge < -0.3 is 4.90 Å². The van der Waals surface area contributed by atoms with Gasteiger partial charge in [0.2, 0.25) is 0 Å². The van der Waals surface area contributed by atoms with Gasteiger partial charge in [-0.2, -0.15) is 0 Å². The average Bonchev–Trinajstić information content (AvgIpc) is 3.69. The lowest BCUT2D eigenvalue weighted by molar-refractivity contribution is 0.0645. The third-order valence-electron chi connectivity index (χ3n) is 7.09. The number of carbonyl (C=O) groups excluding carboxylic acids is 1. The Morgan fingerprint density at radius 3 is 2.48 bits per heavy atom. The number of aromatic nitrogens is 5. The molecule has 5 aromatic rings. The summed E-state index contributed by atoms with van der Waals surface area (Å²) in [6.07, 6.45) is 7.85. The van der Waals surface area contributed by atoms with Gasteiger partial charge in [-0.15, -0.1) is 21.5 Å². The van der Waals surface area contributed by atoms with Crippen LogP contribution < -0.4 is 0 Å². The molecule has 42 heavy (non-hydrogen) atoms. The summed E-state index contributed by atoms with van der Waals surface area (Å²) in [6.45, 7) is 6.07. The zero-order chi connectivity index (χ0) is 28.7. The van der Waals surface area contributed by atoms with Crippen LogP contribution in [0.3, 0.4) is 0 Å². The Kier molecular flexibility index (Phi) is 8.83. The molecule has 0 atom stereocenters. The van der Waals surface area contributed by atoms with Gasteiger partial charge in [-0.25, -0.2) is 4.98 Å². The number of aryl methyl sites for hydroxylation is 1. The molecule has 212 valence electrons. The third-order valence-corrected chi connectivity index (χ3v) is 9.06. The van der Waals surface area contributed by atoms with E-state index in [2.05, 4.69) is 80.1 Å². The minimum absolute atomic E-state index is 0.00442. The van der Waals surface area contributed by atoms with Crippen molar-refractivity contribution in [1.82, 2.24) is 34.5 Å². The highest BCUT2D eigenvalue weighted by Gasteiger charge is 2.24. The second kappa shape index (κ2) is 13.2. The van der Waals surface area contributed by atoms with Gasteiger partial charge in [-0.05, 0) is 36.8 Å². The molecule has 0 bridgehead atoms. The van der Waals surface area contributed by atoms with Gasteiger partial charge in [0.15, 0.2) is 11.0 Å². The molecule has 0 unspecified atom stereocenters. The quantitative estimate of drug-likeness (QED) is 0.198. The number of rotatable bonds is 9. The highest BCUT2D eigenvalue weighted by Crippen LogP contribution is 2.30. The fourth-order valence-corrected chi connectivity index (χ4v) is 6.52. The lowest BCUT2D eigenvalue weighted by Crippen LogP contribution is -2.48. The number of thioether (sulfide) groups is 1. The maximum atomic E-state index is 13.2. The number of hydrogen-bond donors (Lipinski definition) is 0. The summed E-state index contributed by atoms with van der Waals surface area (Å²) in [5.74, 6) is 1.36. The molecule has 1 aliphatic rings. The first-order chi connectivity index (χ1) is 20.6. The SMILES string of the molecule is Cc1ccc(-n2c(SCc3nc(C(=O)N4CCN(CC=Cc5ccccc5)CC4)cs3)nnc2-c2ccncc2)cc1. The molecule has 0 aliphatic carbocycles. The summed E-state index contributed by atoms with van der Waals surface area (Å²) >= 11 is 3.08. The van der Waals surface area contributed by atoms with Gasteiger partial charge in [0, 0.05) is 61.7 Å². The van der Waals surface area contributed by atoms with Crippen LogP contribution in [0, 0.1) is 6.92 Å². The standard InChI is InChI=1S/C32H31N7OS2/c1-24-9-11-27(12-10-24)39-30(26-13-15-33-16-14-26)35-36-32(39)42-23-29-34-28(22-41-29)31(40)38-20-18-37(19-21-38)17-5-8-25-6-3-2-4-7-25/h2-16,22H,17-21,23H2,1H3. The van der Waals surface area contributed by atoms with Crippen LogP contribution in [0.4, 0.5) is 0 Å². The molecule has 3 aromatic heterocycles. The molecule has 0 spiro atoms. The minimum Gasteiger partial charge on any atom is -0.335 e. The molecule has 10 heteroatoms. The summed E-state index contributed by atoms with van der Waals surface area (Å²) in [5.41, 5.74) is 4.84. The molecule has 1 fully saturated rings. The lowest BCUT2D eigenvalue weighted by atomic mass is 10.2. The summed E-state index contributed by atoms with van der Waals surface area (Å²) in [4.78, 5) is 26.3. The fraction of sp³-hybridized carbons (Fsp3) is 0.219. The molecule has 1 amide bonds. The van der Waals surface area contributed by atoms with Crippen LogP contribution in [0.2, 0.25) is 0 Å². The number of hydrogen-bond acceptors (Lipinski definition) is 8. The number of nitrogens with zero attached hydrogens (tertiary/aromatic N) is 7. The largest absolute Gasteiger partial charge is 0.335 e. The molecule has 2 aromatic carbocycles. The Bertz CT molecular complexity index is 1640. The number of amides is 1. The van der Waals surface area contributed by atoms with E-state index in [1.165, 1.54) is 22.5 Å². The molecule has 0 radical (unpaired) electrons. The van der Waals surface area contributed by atoms with Crippen LogP contribution >= 0.6 is 23.1 Å². The Morgan fingerprint density at radius 2 is 1.71 bits per heavy atom. The van der Waals surface area contributed by atoms with Crippen molar-refractivity contribution in [2.75, 3.05) is 32.7 Å². The van der Waals surface area contributed by atoms with E-state index < -0.39 is 0 Å². The van der Waals surface area contributed by atoms with Crippen molar-refractivity contribution in [3.05, 3.63) is 112 Å². The number of pyridine rings is 1. The van der Waals surface area contributed by atoms with Crippen molar-refractivity contribution >= 4 is 35.1 Å². The first-order valence-corrected chi connectivity index (χ1v) is 15.7. The van der Waals surface area contributed by atoms with Crippen LogP contribution in [0.1, 0.15) is 26.6 Å². The fourth-order valence-electron chi connectivity index (χ4n) is 4.78. The van der Waals surface area contributed by atoms with Crippen molar-refractivity contribution < 1.29 is 4.79 Å². The van der Waals surface area contributed by atoms with Gasteiger partial charge in [-0.1, -0.05) is 71.9 Å². The van der Waals surface area contributed by atoms with Crippen molar-refractivity contribution in [3.63, 3.8) is 0 Å². The maximum Gasteiger partial charge on any atom is 0.273 e. The molecule has 1 aliphatic heterocycles. The summed E-state index contributed by atoms with van der Waals surface area (Å²) < 4.78 is 2.06. The van der Waals surface area contributed by atoms with Crippen molar-refractivity contribution in [2.45, 2.75) is 17.8 Å². The van der Waals surface area contributed by atoms with Crippen LogP contribution in [0.25, 0.3) is 23.2 Å². The third kappa shape index (κ3) is 6.67. The first kappa shape index (κ1) is 28.0. The van der Waals surface area contributed by atoms with E-state index in [1.54, 1.807) is 24.2 Å². The van der Waals surface area contributed by atoms with Crippen LogP contribution in [0.15, 0.2) is 95.7 Å². The lowest BCUT2D eigenvalue weighted by Gasteiger charge is -2.33. The number of benzene rings is 2. The molecule has 0 N–H and O–H groups in total. The van der Waals surface area contributed by atoms with E-state index in [9.17, 15) is 4.79 Å². The Morgan fingerprint density at radius 1 is 0.952 bits per heavy atom. The van der Waals surface area contributed by atoms with Crippen LogP contribution in [-0.2, 0) is 5.75 Å². The normalized spacial score (nSPS) is 14.1.